The van der Waals surface area contributed by atoms with E-state index >= 15 is 0 Å². The summed E-state index contributed by atoms with van der Waals surface area (Å²) in [6.45, 7) is 3.43. The molecule has 7 nitrogen and oxygen atoms in total. The van der Waals surface area contributed by atoms with Gasteiger partial charge in [0.2, 0.25) is 11.9 Å². The first kappa shape index (κ1) is 20.2. The molecule has 1 amide bonds. The Morgan fingerprint density at radius 2 is 1.86 bits per heavy atom. The maximum Gasteiger partial charge on any atom is 0.226 e. The van der Waals surface area contributed by atoms with E-state index in [-0.39, 0.29) is 34.5 Å². The lowest BCUT2D eigenvalue weighted by molar-refractivity contribution is -0.138. The molecule has 2 aromatic heterocycles. The summed E-state index contributed by atoms with van der Waals surface area (Å²) in [4.78, 5) is 26.6. The van der Waals surface area contributed by atoms with E-state index in [4.69, 9.17) is 0 Å². The molecule has 0 saturated carbocycles. The van der Waals surface area contributed by atoms with Gasteiger partial charge in [-0.15, -0.1) is 11.3 Å². The first-order valence-electron chi connectivity index (χ1n) is 9.62. The topological polar surface area (TPSA) is 83.5 Å². The van der Waals surface area contributed by atoms with E-state index in [0.717, 1.165) is 21.8 Å². The predicted molar refractivity (Wildman–Crippen MR) is 109 cm³/mol. The van der Waals surface area contributed by atoms with Gasteiger partial charge in [0.25, 0.3) is 0 Å². The van der Waals surface area contributed by atoms with Crippen LogP contribution in [0.4, 0.5) is 10.3 Å². The summed E-state index contributed by atoms with van der Waals surface area (Å²) in [5.74, 6) is 0.363. The summed E-state index contributed by atoms with van der Waals surface area (Å²) < 4.78 is 37.2. The Balaban J connectivity index is 1.56. The number of rotatable bonds is 3. The van der Waals surface area contributed by atoms with Crippen LogP contribution in [0.2, 0.25) is 0 Å². The third-order valence-corrected chi connectivity index (χ3v) is 8.23. The third-order valence-electron chi connectivity index (χ3n) is 5.54. The third kappa shape index (κ3) is 4.42. The van der Waals surface area contributed by atoms with Gasteiger partial charge < -0.3 is 9.80 Å². The van der Waals surface area contributed by atoms with Crippen LogP contribution >= 0.6 is 11.3 Å². The molecule has 0 aromatic carbocycles. The SMILES string of the molecule is Cc1cnc(N2CCN(C(=O)C3CCS(=O)(=O)CC3)C(c3ccc(F)s3)C2)nc1. The molecule has 2 aromatic rings. The summed E-state index contributed by atoms with van der Waals surface area (Å²) in [7, 11) is -3.03. The average molecular weight is 439 g/mol. The Hall–Kier alpha value is -2.07. The average Bonchev–Trinajstić information content (AvgIpc) is 3.14. The molecule has 2 fully saturated rings. The van der Waals surface area contributed by atoms with Crippen LogP contribution in [0.5, 0.6) is 0 Å². The van der Waals surface area contributed by atoms with Crippen LogP contribution in [-0.4, -0.2) is 60.3 Å². The molecule has 0 bridgehead atoms. The number of aromatic nitrogens is 2. The van der Waals surface area contributed by atoms with Crippen molar-refractivity contribution in [1.82, 2.24) is 14.9 Å². The van der Waals surface area contributed by atoms with Crippen molar-refractivity contribution in [3.05, 3.63) is 40.1 Å². The second-order valence-corrected chi connectivity index (χ2v) is 11.0. The molecule has 4 heterocycles. The summed E-state index contributed by atoms with van der Waals surface area (Å²) >= 11 is 1.04. The first-order chi connectivity index (χ1) is 13.8. The van der Waals surface area contributed by atoms with Crippen LogP contribution in [0.25, 0.3) is 0 Å². The van der Waals surface area contributed by atoms with Gasteiger partial charge in [0.1, 0.15) is 9.84 Å². The highest BCUT2D eigenvalue weighted by Gasteiger charge is 2.38. The van der Waals surface area contributed by atoms with Crippen molar-refractivity contribution in [2.24, 2.45) is 5.92 Å². The monoisotopic (exact) mass is 438 g/mol. The van der Waals surface area contributed by atoms with Gasteiger partial charge >= 0.3 is 0 Å². The second-order valence-electron chi connectivity index (χ2n) is 7.62. The molecule has 10 heteroatoms. The lowest BCUT2D eigenvalue weighted by Crippen LogP contribution is -2.53. The van der Waals surface area contributed by atoms with Gasteiger partial charge in [0.15, 0.2) is 5.13 Å². The molecular formula is C19H23FN4O3S2. The summed E-state index contributed by atoms with van der Waals surface area (Å²) in [6.07, 6.45) is 4.21. The molecule has 0 spiro atoms. The highest BCUT2D eigenvalue weighted by Crippen LogP contribution is 2.34. The standard InChI is InChI=1S/C19H23FN4O3S2/c1-13-10-21-19(22-11-13)23-6-7-24(15(12-23)16-2-3-17(20)28-16)18(25)14-4-8-29(26,27)9-5-14/h2-3,10-11,14-15H,4-9,12H2,1H3. The van der Waals surface area contributed by atoms with Gasteiger partial charge in [-0.25, -0.2) is 18.4 Å². The van der Waals surface area contributed by atoms with Crippen LogP contribution in [0.1, 0.15) is 29.3 Å². The van der Waals surface area contributed by atoms with Crippen LogP contribution < -0.4 is 4.90 Å². The minimum Gasteiger partial charge on any atom is -0.337 e. The van der Waals surface area contributed by atoms with Crippen LogP contribution in [-0.2, 0) is 14.6 Å². The maximum absolute atomic E-state index is 13.7. The van der Waals surface area contributed by atoms with Crippen LogP contribution in [0.15, 0.2) is 24.5 Å². The van der Waals surface area contributed by atoms with Crippen molar-refractivity contribution in [2.75, 3.05) is 36.0 Å². The quantitative estimate of drug-likeness (QED) is 0.731. The summed E-state index contributed by atoms with van der Waals surface area (Å²) in [6, 6.07) is 2.82. The largest absolute Gasteiger partial charge is 0.337 e. The number of nitrogens with zero attached hydrogens (tertiary/aromatic N) is 4. The Morgan fingerprint density at radius 3 is 2.48 bits per heavy atom. The highest BCUT2D eigenvalue weighted by molar-refractivity contribution is 7.91. The zero-order valence-electron chi connectivity index (χ0n) is 16.1. The number of aryl methyl sites for hydroxylation is 1. The second kappa shape index (κ2) is 7.98. The van der Waals surface area contributed by atoms with E-state index < -0.39 is 9.84 Å². The molecule has 1 atom stereocenters. The minimum absolute atomic E-state index is 0.0387. The van der Waals surface area contributed by atoms with Gasteiger partial charge in [-0.1, -0.05) is 0 Å². The van der Waals surface area contributed by atoms with E-state index in [1.165, 1.54) is 6.07 Å². The van der Waals surface area contributed by atoms with Gasteiger partial charge in [-0.3, -0.25) is 4.79 Å². The fourth-order valence-corrected chi connectivity index (χ4v) is 6.23. The normalized spacial score (nSPS) is 22.6. The number of piperazine rings is 1. The number of thiophene rings is 1. The van der Waals surface area contributed by atoms with E-state index in [0.29, 0.717) is 38.4 Å². The van der Waals surface area contributed by atoms with Crippen LogP contribution in [0, 0.1) is 18.0 Å². The van der Waals surface area contributed by atoms with E-state index in [1.807, 2.05) is 11.8 Å². The Labute approximate surface area is 173 Å². The molecule has 2 saturated heterocycles. The molecule has 1 unspecified atom stereocenters. The van der Waals surface area contributed by atoms with Crippen molar-refractivity contribution in [3.63, 3.8) is 0 Å². The number of carbonyl (C=O) groups excluding carboxylic acids is 1. The van der Waals surface area contributed by atoms with Gasteiger partial charge in [-0.2, -0.15) is 4.39 Å². The lowest BCUT2D eigenvalue weighted by Gasteiger charge is -2.42. The summed E-state index contributed by atoms with van der Waals surface area (Å²) in [5.41, 5.74) is 0.965. The number of hydrogen-bond donors (Lipinski definition) is 0. The fourth-order valence-electron chi connectivity index (χ4n) is 3.90. The van der Waals surface area contributed by atoms with Crippen molar-refractivity contribution in [3.8, 4) is 0 Å². The number of carbonyl (C=O) groups is 1. The molecular weight excluding hydrogens is 415 g/mol. The van der Waals surface area contributed by atoms with Gasteiger partial charge in [0.05, 0.1) is 17.5 Å². The molecule has 156 valence electrons. The molecule has 0 radical (unpaired) electrons. The van der Waals surface area contributed by atoms with Gasteiger partial charge in [0, 0.05) is 42.8 Å². The Bertz CT molecular complexity index is 979. The molecule has 2 aliphatic rings. The van der Waals surface area contributed by atoms with E-state index in [2.05, 4.69) is 9.97 Å². The van der Waals surface area contributed by atoms with E-state index in [1.54, 1.807) is 23.4 Å². The summed E-state index contributed by atoms with van der Waals surface area (Å²) in [5, 5.41) is -0.292. The smallest absolute Gasteiger partial charge is 0.226 e. The van der Waals surface area contributed by atoms with Crippen molar-refractivity contribution < 1.29 is 17.6 Å². The van der Waals surface area contributed by atoms with Crippen molar-refractivity contribution in [2.45, 2.75) is 25.8 Å². The number of sulfone groups is 1. The molecule has 0 aliphatic carbocycles. The van der Waals surface area contributed by atoms with Gasteiger partial charge in [-0.05, 0) is 37.5 Å². The fraction of sp³-hybridized carbons (Fsp3) is 0.526. The maximum atomic E-state index is 13.7. The molecule has 29 heavy (non-hydrogen) atoms. The number of hydrogen-bond acceptors (Lipinski definition) is 7. The first-order valence-corrected chi connectivity index (χ1v) is 12.3. The van der Waals surface area contributed by atoms with E-state index in [9.17, 15) is 17.6 Å². The minimum atomic E-state index is -3.03. The van der Waals surface area contributed by atoms with Crippen LogP contribution in [0.3, 0.4) is 0 Å². The predicted octanol–water partition coefficient (Wildman–Crippen LogP) is 2.20. The number of amides is 1. The zero-order valence-corrected chi connectivity index (χ0v) is 17.8. The van der Waals surface area contributed by atoms with Crippen molar-refractivity contribution in [1.29, 1.82) is 0 Å². The highest BCUT2D eigenvalue weighted by atomic mass is 32.2. The zero-order chi connectivity index (χ0) is 20.6. The molecule has 2 aliphatic heterocycles. The van der Waals surface area contributed by atoms with Crippen molar-refractivity contribution >= 4 is 33.0 Å². The molecule has 4 rings (SSSR count). The Kier molecular flexibility index (Phi) is 5.56. The lowest BCUT2D eigenvalue weighted by atomic mass is 9.98. The molecule has 0 N–H and O–H groups in total. The number of halogens is 1. The number of anilines is 1. The Morgan fingerprint density at radius 1 is 1.17 bits per heavy atom.